The van der Waals surface area contributed by atoms with Gasteiger partial charge in [0.05, 0.1) is 10.0 Å². The number of nitrogens with zero attached hydrogens (tertiary/aromatic N) is 2. The van der Waals surface area contributed by atoms with Crippen molar-refractivity contribution in [2.45, 2.75) is 45.7 Å². The zero-order valence-corrected chi connectivity index (χ0v) is 23.6. The summed E-state index contributed by atoms with van der Waals surface area (Å²) in [5, 5.41) is 5.06. The Morgan fingerprint density at radius 3 is 2.51 bits per heavy atom. The van der Waals surface area contributed by atoms with Gasteiger partial charge in [-0.2, -0.15) is 0 Å². The number of aromatic nitrogens is 1. The number of urea groups is 1. The fourth-order valence-corrected chi connectivity index (χ4v) is 5.08. The molecule has 8 heteroatoms. The first kappa shape index (κ1) is 27.1. The fraction of sp³-hybridized carbons (Fsp3) is 0.290. The molecule has 4 aromatic rings. The molecule has 1 heterocycles. The van der Waals surface area contributed by atoms with Crippen LogP contribution < -0.4 is 5.32 Å². The minimum atomic E-state index is -0.250. The summed E-state index contributed by atoms with van der Waals surface area (Å²) in [6, 6.07) is 19.2. The SMILES string of the molecule is Cc1ccc(NC(=O)N(CC(=O)N(CCc2c[nH]c3ccccc23)Cc2ccc(Cl)c(Cl)c2)C2CC2)cc1C. The number of halogens is 2. The quantitative estimate of drug-likeness (QED) is 0.224. The Hall–Kier alpha value is -3.48. The zero-order chi connectivity index (χ0) is 27.5. The zero-order valence-electron chi connectivity index (χ0n) is 22.1. The van der Waals surface area contributed by atoms with Crippen molar-refractivity contribution in [3.8, 4) is 0 Å². The molecular weight excluding hydrogens is 531 g/mol. The average Bonchev–Trinajstić information content (AvgIpc) is 3.68. The molecule has 1 aliphatic rings. The van der Waals surface area contributed by atoms with E-state index in [9.17, 15) is 9.59 Å². The van der Waals surface area contributed by atoms with Gasteiger partial charge in [-0.15, -0.1) is 0 Å². The second-order valence-corrected chi connectivity index (χ2v) is 11.1. The number of benzene rings is 3. The maximum atomic E-state index is 13.8. The average molecular weight is 564 g/mol. The Balaban J connectivity index is 1.33. The first-order valence-corrected chi connectivity index (χ1v) is 14.0. The van der Waals surface area contributed by atoms with Crippen LogP contribution in [0.5, 0.6) is 0 Å². The van der Waals surface area contributed by atoms with Crippen LogP contribution in [0.4, 0.5) is 10.5 Å². The Morgan fingerprint density at radius 2 is 1.77 bits per heavy atom. The molecule has 0 aliphatic heterocycles. The minimum Gasteiger partial charge on any atom is -0.361 e. The Labute approximate surface area is 238 Å². The number of fused-ring (bicyclic) bond motifs is 1. The Bertz CT molecular complexity index is 1510. The predicted octanol–water partition coefficient (Wildman–Crippen LogP) is 7.36. The number of hydrogen-bond acceptors (Lipinski definition) is 2. The topological polar surface area (TPSA) is 68.4 Å². The number of H-pyrrole nitrogens is 1. The lowest BCUT2D eigenvalue weighted by Gasteiger charge is -2.28. The normalized spacial score (nSPS) is 12.9. The third-order valence-corrected chi connectivity index (χ3v) is 8.09. The molecule has 0 saturated heterocycles. The first-order chi connectivity index (χ1) is 18.8. The van der Waals surface area contributed by atoms with Crippen LogP contribution in [0.1, 0.15) is 35.1 Å². The second-order valence-electron chi connectivity index (χ2n) is 10.3. The van der Waals surface area contributed by atoms with Crippen molar-refractivity contribution in [3.63, 3.8) is 0 Å². The van der Waals surface area contributed by atoms with Gasteiger partial charge in [-0.3, -0.25) is 4.79 Å². The van der Waals surface area contributed by atoms with Crippen LogP contribution in [-0.2, 0) is 17.8 Å². The van der Waals surface area contributed by atoms with Gasteiger partial charge in [0, 0.05) is 41.9 Å². The number of hydrogen-bond donors (Lipinski definition) is 2. The summed E-state index contributed by atoms with van der Waals surface area (Å²) < 4.78 is 0. The van der Waals surface area contributed by atoms with Gasteiger partial charge in [-0.25, -0.2) is 4.79 Å². The summed E-state index contributed by atoms with van der Waals surface area (Å²) in [7, 11) is 0. The van der Waals surface area contributed by atoms with Crippen molar-refractivity contribution in [1.82, 2.24) is 14.8 Å². The summed E-state index contributed by atoms with van der Waals surface area (Å²) >= 11 is 12.4. The molecule has 3 amide bonds. The van der Waals surface area contributed by atoms with Gasteiger partial charge in [-0.1, -0.05) is 53.5 Å². The van der Waals surface area contributed by atoms with Gasteiger partial charge in [0.1, 0.15) is 6.54 Å². The minimum absolute atomic E-state index is 0.0105. The predicted molar refractivity (Wildman–Crippen MR) is 159 cm³/mol. The van der Waals surface area contributed by atoms with E-state index in [0.29, 0.717) is 29.6 Å². The number of carbonyl (C=O) groups is 2. The molecule has 3 aromatic carbocycles. The highest BCUT2D eigenvalue weighted by Crippen LogP contribution is 2.29. The molecule has 1 aliphatic carbocycles. The van der Waals surface area contributed by atoms with E-state index in [4.69, 9.17) is 23.2 Å². The second kappa shape index (κ2) is 11.7. The number of aromatic amines is 1. The number of para-hydroxylation sites is 1. The van der Waals surface area contributed by atoms with Crippen LogP contribution >= 0.6 is 23.2 Å². The maximum Gasteiger partial charge on any atom is 0.322 e. The third-order valence-electron chi connectivity index (χ3n) is 7.35. The van der Waals surface area contributed by atoms with Crippen molar-refractivity contribution in [2.75, 3.05) is 18.4 Å². The molecule has 0 spiro atoms. The number of aryl methyl sites for hydroxylation is 2. The molecule has 0 unspecified atom stereocenters. The summed E-state index contributed by atoms with van der Waals surface area (Å²) in [5.74, 6) is -0.108. The van der Waals surface area contributed by atoms with Crippen molar-refractivity contribution < 1.29 is 9.59 Å². The van der Waals surface area contributed by atoms with E-state index in [0.717, 1.165) is 51.7 Å². The lowest BCUT2D eigenvalue weighted by molar-refractivity contribution is -0.132. The molecule has 0 radical (unpaired) electrons. The summed E-state index contributed by atoms with van der Waals surface area (Å²) in [6.07, 6.45) is 4.47. The van der Waals surface area contributed by atoms with Crippen LogP contribution in [0.2, 0.25) is 10.0 Å². The van der Waals surface area contributed by atoms with Crippen molar-refractivity contribution in [2.24, 2.45) is 0 Å². The molecule has 1 saturated carbocycles. The van der Waals surface area contributed by atoms with Crippen LogP contribution in [0.25, 0.3) is 10.9 Å². The molecule has 1 fully saturated rings. The van der Waals surface area contributed by atoms with Crippen molar-refractivity contribution >= 4 is 51.7 Å². The van der Waals surface area contributed by atoms with Crippen molar-refractivity contribution in [1.29, 1.82) is 0 Å². The van der Waals surface area contributed by atoms with E-state index in [1.807, 2.05) is 62.5 Å². The van der Waals surface area contributed by atoms with Crippen LogP contribution in [-0.4, -0.2) is 45.9 Å². The smallest absolute Gasteiger partial charge is 0.322 e. The molecule has 39 heavy (non-hydrogen) atoms. The standard InChI is InChI=1S/C31H32Cl2N4O2/c1-20-7-9-24(15-21(20)2)35-31(39)37(25-10-11-25)19-30(38)36(18-22-8-12-27(32)28(33)16-22)14-13-23-17-34-29-6-4-3-5-26(23)29/h3-9,12,15-17,25,34H,10-11,13-14,18-19H2,1-2H3,(H,35,39). The summed E-state index contributed by atoms with van der Waals surface area (Å²) in [6.45, 7) is 4.93. The highest BCUT2D eigenvalue weighted by molar-refractivity contribution is 6.42. The van der Waals surface area contributed by atoms with Crippen LogP contribution in [0.3, 0.4) is 0 Å². The summed E-state index contributed by atoms with van der Waals surface area (Å²) in [4.78, 5) is 33.8. The van der Waals surface area contributed by atoms with E-state index >= 15 is 0 Å². The molecule has 202 valence electrons. The Morgan fingerprint density at radius 1 is 0.974 bits per heavy atom. The number of anilines is 1. The van der Waals surface area contributed by atoms with E-state index < -0.39 is 0 Å². The van der Waals surface area contributed by atoms with Gasteiger partial charge < -0.3 is 20.1 Å². The molecule has 1 aromatic heterocycles. The summed E-state index contributed by atoms with van der Waals surface area (Å²) in [5.41, 5.74) is 6.09. The lowest BCUT2D eigenvalue weighted by Crippen LogP contribution is -2.45. The van der Waals surface area contributed by atoms with E-state index in [1.54, 1.807) is 21.9 Å². The Kier molecular flexibility index (Phi) is 8.15. The highest BCUT2D eigenvalue weighted by atomic mass is 35.5. The van der Waals surface area contributed by atoms with Gasteiger partial charge in [0.15, 0.2) is 0 Å². The van der Waals surface area contributed by atoms with E-state index in [2.05, 4.69) is 16.4 Å². The van der Waals surface area contributed by atoms with Crippen LogP contribution in [0.15, 0.2) is 66.9 Å². The highest BCUT2D eigenvalue weighted by Gasteiger charge is 2.35. The fourth-order valence-electron chi connectivity index (χ4n) is 4.76. The number of nitrogens with one attached hydrogen (secondary N) is 2. The largest absolute Gasteiger partial charge is 0.361 e. The van der Waals surface area contributed by atoms with Gasteiger partial charge in [0.2, 0.25) is 5.91 Å². The molecule has 0 atom stereocenters. The monoisotopic (exact) mass is 562 g/mol. The van der Waals surface area contributed by atoms with Crippen LogP contribution in [0, 0.1) is 13.8 Å². The third kappa shape index (κ3) is 6.57. The molecule has 5 rings (SSSR count). The van der Waals surface area contributed by atoms with Crippen molar-refractivity contribution in [3.05, 3.63) is 99.2 Å². The lowest BCUT2D eigenvalue weighted by atomic mass is 10.1. The number of rotatable bonds is 9. The molecular formula is C31H32Cl2N4O2. The molecule has 0 bridgehead atoms. The van der Waals surface area contributed by atoms with Gasteiger partial charge in [-0.05, 0) is 85.7 Å². The van der Waals surface area contributed by atoms with E-state index in [1.165, 1.54) is 0 Å². The number of amides is 3. The van der Waals surface area contributed by atoms with E-state index in [-0.39, 0.29) is 24.5 Å². The maximum absolute atomic E-state index is 13.8. The number of carbonyl (C=O) groups excluding carboxylic acids is 2. The molecule has 6 nitrogen and oxygen atoms in total. The van der Waals surface area contributed by atoms with Gasteiger partial charge in [0.25, 0.3) is 0 Å². The van der Waals surface area contributed by atoms with Gasteiger partial charge >= 0.3 is 6.03 Å². The first-order valence-electron chi connectivity index (χ1n) is 13.2. The molecule has 2 N–H and O–H groups in total.